The number of carbonyl (C=O) groups is 2. The van der Waals surface area contributed by atoms with E-state index >= 15 is 0 Å². The normalized spacial score (nSPS) is 31.5. The van der Waals surface area contributed by atoms with Gasteiger partial charge in [-0.2, -0.15) is 0 Å². The fourth-order valence-corrected chi connectivity index (χ4v) is 8.19. The predicted octanol–water partition coefficient (Wildman–Crippen LogP) is 1.14. The van der Waals surface area contributed by atoms with Crippen molar-refractivity contribution in [2.24, 2.45) is 11.1 Å². The minimum atomic E-state index is -1.95. The predicted molar refractivity (Wildman–Crippen MR) is 129 cm³/mol. The van der Waals surface area contributed by atoms with Crippen molar-refractivity contribution in [2.45, 2.75) is 56.2 Å². The number of para-hydroxylation sites is 1. The number of urea groups is 1. The maximum atomic E-state index is 12.9. The van der Waals surface area contributed by atoms with Crippen molar-refractivity contribution in [3.8, 4) is 0 Å². The van der Waals surface area contributed by atoms with Gasteiger partial charge in [0.2, 0.25) is 0 Å². The van der Waals surface area contributed by atoms with Crippen LogP contribution in [0.1, 0.15) is 25.7 Å². The monoisotopic (exact) mass is 604 g/mol. The van der Waals surface area contributed by atoms with Crippen molar-refractivity contribution in [1.82, 2.24) is 2.89 Å². The molecule has 1 saturated carbocycles. The number of hydrogen-bond donors (Lipinski definition) is 2. The summed E-state index contributed by atoms with van der Waals surface area (Å²) in [7, 11) is 0. The van der Waals surface area contributed by atoms with Gasteiger partial charge < -0.3 is 4.74 Å². The average molecular weight is 604 g/mol. The van der Waals surface area contributed by atoms with Crippen molar-refractivity contribution in [2.75, 3.05) is 37.9 Å². The van der Waals surface area contributed by atoms with Crippen LogP contribution in [0.4, 0.5) is 15.3 Å². The molecular weight excluding hydrogens is 573 g/mol. The molecule has 193 valence electrons. The van der Waals surface area contributed by atoms with E-state index in [0.717, 1.165) is 19.4 Å². The first-order valence-electron chi connectivity index (χ1n) is 12.5. The first-order chi connectivity index (χ1) is 17.5. The number of ether oxygens (including phenoxy) is 3. The van der Waals surface area contributed by atoms with Crippen molar-refractivity contribution in [1.29, 1.82) is 0 Å². The summed E-state index contributed by atoms with van der Waals surface area (Å²) in [4.78, 5) is 32.2. The standard InChI is InChI=1S/C24H32N3O8.In/c28-15-27(17-5-2-1-3-6-17)24(31)25-9-8-16-11-20(30)22-23(35-22)21(16)26-34-13-18(29)12-32-14-19-7-4-10-33-19;/h1-3,5-6,16,18-20,22-23,29-30H,4,7-14H2,(H,25,31);/q;+1/p-1/b26-21-;/t16-,18-,19?,20-,22-,23+;/m0./s1. The molecule has 3 amide bonds. The molecule has 1 aromatic carbocycles. The second-order valence-corrected chi connectivity index (χ2v) is 13.5. The molecule has 0 bridgehead atoms. The molecule has 6 atom stereocenters. The van der Waals surface area contributed by atoms with Gasteiger partial charge in [-0.3, -0.25) is 0 Å². The zero-order valence-corrected chi connectivity index (χ0v) is 23.3. The Labute approximate surface area is 221 Å². The fraction of sp³-hybridized carbons (Fsp3) is 0.625. The van der Waals surface area contributed by atoms with Crippen LogP contribution < -0.4 is 4.90 Å². The van der Waals surface area contributed by atoms with Gasteiger partial charge in [-0.1, -0.05) is 0 Å². The second-order valence-electron chi connectivity index (χ2n) is 9.56. The molecule has 2 N–H and O–H groups in total. The number of amides is 3. The number of fused-ring (bicyclic) bond motifs is 1. The number of anilines is 1. The molecule has 1 aliphatic carbocycles. The molecule has 0 spiro atoms. The van der Waals surface area contributed by atoms with Gasteiger partial charge in [0.25, 0.3) is 0 Å². The molecule has 5 rings (SSSR count). The SMILES string of the molecule is O=[C]1[In][N](CC[C@H]2C[C@H](O)[C@@H]3O[C@@H]3/C2=N\OC[C@@H](O)COCC2CCCO2)C(=O)N1c1ccccc1. The second kappa shape index (κ2) is 11.8. The molecule has 1 aromatic rings. The van der Waals surface area contributed by atoms with Crippen LogP contribution in [-0.4, -0.2) is 115 Å². The molecule has 4 fully saturated rings. The van der Waals surface area contributed by atoms with Crippen LogP contribution in [0, 0.1) is 5.92 Å². The van der Waals surface area contributed by atoms with Crippen LogP contribution in [0.2, 0.25) is 0 Å². The summed E-state index contributed by atoms with van der Waals surface area (Å²) in [6, 6.07) is 8.69. The van der Waals surface area contributed by atoms with Gasteiger partial charge in [-0.25, -0.2) is 0 Å². The van der Waals surface area contributed by atoms with E-state index in [4.69, 9.17) is 19.0 Å². The van der Waals surface area contributed by atoms with Gasteiger partial charge in [0.15, 0.2) is 0 Å². The number of imide groups is 1. The molecule has 4 aliphatic rings. The molecule has 3 aliphatic heterocycles. The summed E-state index contributed by atoms with van der Waals surface area (Å²) >= 11 is -1.95. The number of carbonyl (C=O) groups excluding carboxylic acids is 2. The van der Waals surface area contributed by atoms with E-state index in [1.165, 1.54) is 4.90 Å². The third kappa shape index (κ3) is 6.05. The summed E-state index contributed by atoms with van der Waals surface area (Å²) in [6.45, 7) is 1.73. The van der Waals surface area contributed by atoms with Gasteiger partial charge in [-0.05, 0) is 12.8 Å². The summed E-state index contributed by atoms with van der Waals surface area (Å²) in [5.41, 5.74) is 1.28. The first-order valence-corrected chi connectivity index (χ1v) is 15.6. The number of nitrogens with zero attached hydrogens (tertiary/aromatic N) is 3. The zero-order valence-electron chi connectivity index (χ0n) is 20.0. The molecule has 0 aromatic heterocycles. The molecule has 1 radical (unpaired) electrons. The average Bonchev–Trinajstić information content (AvgIpc) is 3.41. The third-order valence-electron chi connectivity index (χ3n) is 6.87. The Hall–Kier alpha value is -1.70. The number of epoxide rings is 1. The van der Waals surface area contributed by atoms with Gasteiger partial charge in [0, 0.05) is 6.61 Å². The number of benzene rings is 1. The van der Waals surface area contributed by atoms with Crippen molar-refractivity contribution < 1.29 is 38.9 Å². The molecule has 3 saturated heterocycles. The van der Waals surface area contributed by atoms with Crippen LogP contribution >= 0.6 is 0 Å². The van der Waals surface area contributed by atoms with Gasteiger partial charge in [0.05, 0.1) is 6.10 Å². The van der Waals surface area contributed by atoms with Crippen molar-refractivity contribution in [3.05, 3.63) is 30.3 Å². The fourth-order valence-electron chi connectivity index (χ4n) is 4.92. The van der Waals surface area contributed by atoms with Crippen LogP contribution in [0.15, 0.2) is 35.5 Å². The Bertz CT molecular complexity index is 960. The summed E-state index contributed by atoms with van der Waals surface area (Å²) in [5, 5.41) is 24.8. The summed E-state index contributed by atoms with van der Waals surface area (Å²) in [5.74, 6) is -0.145. The van der Waals surface area contributed by atoms with Gasteiger partial charge in [0.1, 0.15) is 0 Å². The first kappa shape index (κ1) is 25.9. The Balaban J connectivity index is 1.12. The van der Waals surface area contributed by atoms with E-state index in [2.05, 4.69) is 5.16 Å². The molecule has 36 heavy (non-hydrogen) atoms. The van der Waals surface area contributed by atoms with Crippen molar-refractivity contribution >= 4 is 44.3 Å². The molecule has 11 nitrogen and oxygen atoms in total. The number of aliphatic hydroxyl groups is 2. The Morgan fingerprint density at radius 1 is 1.22 bits per heavy atom. The van der Waals surface area contributed by atoms with Crippen molar-refractivity contribution in [3.63, 3.8) is 0 Å². The number of hydrogen-bond acceptors (Lipinski definition) is 9. The van der Waals surface area contributed by atoms with E-state index in [1.807, 2.05) is 6.07 Å². The van der Waals surface area contributed by atoms with Crippen LogP contribution in [0.3, 0.4) is 0 Å². The Morgan fingerprint density at radius 2 is 2.06 bits per heavy atom. The van der Waals surface area contributed by atoms with E-state index in [-0.39, 0.29) is 47.1 Å². The zero-order chi connectivity index (χ0) is 25.1. The van der Waals surface area contributed by atoms with Gasteiger partial charge >= 0.3 is 191 Å². The number of aliphatic hydroxyl groups excluding tert-OH is 2. The third-order valence-corrected chi connectivity index (χ3v) is 10.5. The Kier molecular flexibility index (Phi) is 8.49. The van der Waals surface area contributed by atoms with Crippen LogP contribution in [0.5, 0.6) is 0 Å². The van der Waals surface area contributed by atoms with E-state index in [9.17, 15) is 19.8 Å². The van der Waals surface area contributed by atoms with Crippen LogP contribution in [0.25, 0.3) is 0 Å². The summed E-state index contributed by atoms with van der Waals surface area (Å²) < 4.78 is 18.2. The van der Waals surface area contributed by atoms with E-state index in [0.29, 0.717) is 37.4 Å². The molecule has 12 heteroatoms. The van der Waals surface area contributed by atoms with E-state index < -0.39 is 35.4 Å². The number of oxime groups is 1. The molecule has 3 heterocycles. The summed E-state index contributed by atoms with van der Waals surface area (Å²) in [6.07, 6.45) is 1.07. The minimum absolute atomic E-state index is 0.0255. The van der Waals surface area contributed by atoms with Gasteiger partial charge in [-0.15, -0.1) is 0 Å². The van der Waals surface area contributed by atoms with E-state index in [1.54, 1.807) is 27.2 Å². The molecule has 1 unspecified atom stereocenters. The van der Waals surface area contributed by atoms with Crippen LogP contribution in [-0.2, 0) is 19.0 Å². The quantitative estimate of drug-likeness (QED) is 0.284. The number of rotatable bonds is 11. The Morgan fingerprint density at radius 3 is 2.83 bits per heavy atom. The topological polar surface area (TPSA) is 134 Å². The maximum absolute atomic E-state index is 12.9. The molecular formula is C24H31InN3O8.